The molecule has 27 heavy (non-hydrogen) atoms. The highest BCUT2D eigenvalue weighted by Gasteiger charge is 2.13. The van der Waals surface area contributed by atoms with E-state index in [2.05, 4.69) is 5.32 Å². The van der Waals surface area contributed by atoms with E-state index >= 15 is 0 Å². The highest BCUT2D eigenvalue weighted by atomic mass is 35.5. The summed E-state index contributed by atoms with van der Waals surface area (Å²) in [5.74, 6) is 0.692. The van der Waals surface area contributed by atoms with Gasteiger partial charge in [0.25, 0.3) is 5.91 Å². The number of hydrogen-bond acceptors (Lipinski definition) is 4. The molecule has 140 valence electrons. The van der Waals surface area contributed by atoms with Gasteiger partial charge >= 0.3 is 0 Å². The van der Waals surface area contributed by atoms with Crippen molar-refractivity contribution in [2.75, 3.05) is 18.5 Å². The first-order valence-corrected chi connectivity index (χ1v) is 8.95. The van der Waals surface area contributed by atoms with E-state index in [4.69, 9.17) is 21.1 Å². The van der Waals surface area contributed by atoms with Gasteiger partial charge in [0.2, 0.25) is 0 Å². The number of halogens is 1. The largest absolute Gasteiger partial charge is 0.494 e. The van der Waals surface area contributed by atoms with Crippen LogP contribution in [0.25, 0.3) is 6.08 Å². The zero-order valence-corrected chi connectivity index (χ0v) is 16.3. The molecule has 0 heterocycles. The number of nitrogens with zero attached hydrogens (tertiary/aromatic N) is 1. The van der Waals surface area contributed by atoms with Crippen LogP contribution < -0.4 is 14.8 Å². The van der Waals surface area contributed by atoms with E-state index in [9.17, 15) is 10.1 Å². The predicted octanol–water partition coefficient (Wildman–Crippen LogP) is 4.99. The van der Waals surface area contributed by atoms with Gasteiger partial charge in [0.1, 0.15) is 23.1 Å². The van der Waals surface area contributed by atoms with Crippen molar-refractivity contribution in [1.29, 1.82) is 5.26 Å². The minimum Gasteiger partial charge on any atom is -0.494 e. The second-order valence-corrected chi connectivity index (χ2v) is 6.09. The smallest absolute Gasteiger partial charge is 0.266 e. The molecule has 1 N–H and O–H groups in total. The summed E-state index contributed by atoms with van der Waals surface area (Å²) in [4.78, 5) is 12.5. The van der Waals surface area contributed by atoms with Gasteiger partial charge in [-0.25, -0.2) is 0 Å². The van der Waals surface area contributed by atoms with Gasteiger partial charge in [-0.05, 0) is 56.7 Å². The second-order valence-electron chi connectivity index (χ2n) is 5.65. The number of amides is 1. The zero-order chi connectivity index (χ0) is 19.8. The van der Waals surface area contributed by atoms with Gasteiger partial charge in [-0.3, -0.25) is 4.79 Å². The summed E-state index contributed by atoms with van der Waals surface area (Å²) in [7, 11) is 0. The molecule has 0 unspecified atom stereocenters. The topological polar surface area (TPSA) is 71.3 Å². The molecule has 2 aromatic rings. The molecule has 0 bridgehead atoms. The average Bonchev–Trinajstić information content (AvgIpc) is 2.64. The summed E-state index contributed by atoms with van der Waals surface area (Å²) in [6.07, 6.45) is 1.50. The Morgan fingerprint density at radius 2 is 1.93 bits per heavy atom. The van der Waals surface area contributed by atoms with Crippen LogP contribution in [-0.4, -0.2) is 19.1 Å². The van der Waals surface area contributed by atoms with E-state index in [-0.39, 0.29) is 5.57 Å². The van der Waals surface area contributed by atoms with E-state index in [1.807, 2.05) is 26.8 Å². The molecule has 0 saturated carbocycles. The van der Waals surface area contributed by atoms with Crippen LogP contribution in [-0.2, 0) is 4.79 Å². The molecule has 0 fully saturated rings. The van der Waals surface area contributed by atoms with E-state index < -0.39 is 5.91 Å². The standard InChI is InChI=1S/C21H21ClN2O3/c1-4-26-18-9-7-15(20(12-18)27-5-2)10-16(13-23)21(25)24-19-11-17(22)8-6-14(19)3/h6-12H,4-5H2,1-3H3,(H,24,25). The molecule has 0 aromatic heterocycles. The van der Waals surface area contributed by atoms with Crippen molar-refractivity contribution in [1.82, 2.24) is 0 Å². The zero-order valence-electron chi connectivity index (χ0n) is 15.5. The Labute approximate surface area is 164 Å². The third kappa shape index (κ3) is 5.50. The minimum atomic E-state index is -0.515. The molecular weight excluding hydrogens is 364 g/mol. The van der Waals surface area contributed by atoms with E-state index in [1.54, 1.807) is 36.4 Å². The highest BCUT2D eigenvalue weighted by molar-refractivity contribution is 6.31. The van der Waals surface area contributed by atoms with Gasteiger partial charge in [0, 0.05) is 22.3 Å². The Bertz CT molecular complexity index is 901. The fourth-order valence-corrected chi connectivity index (χ4v) is 2.57. The second kappa shape index (κ2) is 9.65. The number of anilines is 1. The van der Waals surface area contributed by atoms with Crippen molar-refractivity contribution >= 4 is 29.3 Å². The lowest BCUT2D eigenvalue weighted by molar-refractivity contribution is -0.112. The molecule has 2 rings (SSSR count). The molecule has 1 amide bonds. The fourth-order valence-electron chi connectivity index (χ4n) is 2.39. The van der Waals surface area contributed by atoms with Gasteiger partial charge in [-0.1, -0.05) is 17.7 Å². The maximum Gasteiger partial charge on any atom is 0.266 e. The maximum absolute atomic E-state index is 12.5. The van der Waals surface area contributed by atoms with Crippen molar-refractivity contribution in [3.05, 3.63) is 58.1 Å². The fraction of sp³-hybridized carbons (Fsp3) is 0.238. The molecule has 2 aromatic carbocycles. The number of hydrogen-bond donors (Lipinski definition) is 1. The molecule has 0 aliphatic carbocycles. The van der Waals surface area contributed by atoms with Crippen LogP contribution >= 0.6 is 11.6 Å². The van der Waals surface area contributed by atoms with Gasteiger partial charge in [-0.15, -0.1) is 0 Å². The average molecular weight is 385 g/mol. The number of ether oxygens (including phenoxy) is 2. The monoisotopic (exact) mass is 384 g/mol. The number of rotatable bonds is 7. The molecule has 0 aliphatic heterocycles. The number of nitrogens with one attached hydrogen (secondary N) is 1. The van der Waals surface area contributed by atoms with Crippen molar-refractivity contribution in [3.63, 3.8) is 0 Å². The van der Waals surface area contributed by atoms with Crippen LogP contribution in [0.3, 0.4) is 0 Å². The summed E-state index contributed by atoms with van der Waals surface area (Å²) >= 11 is 5.98. The van der Waals surface area contributed by atoms with E-state index in [1.165, 1.54) is 6.08 Å². The van der Waals surface area contributed by atoms with E-state index in [0.29, 0.717) is 41.0 Å². The van der Waals surface area contributed by atoms with E-state index in [0.717, 1.165) is 5.56 Å². The molecule has 6 heteroatoms. The molecule has 0 saturated heterocycles. The highest BCUT2D eigenvalue weighted by Crippen LogP contribution is 2.28. The third-order valence-corrected chi connectivity index (χ3v) is 3.94. The number of carbonyl (C=O) groups excluding carboxylic acids is 1. The summed E-state index contributed by atoms with van der Waals surface area (Å²) in [5.41, 5.74) is 1.99. The van der Waals surface area contributed by atoms with Crippen LogP contribution in [0.2, 0.25) is 5.02 Å². The van der Waals surface area contributed by atoms with Crippen molar-refractivity contribution in [3.8, 4) is 17.6 Å². The van der Waals surface area contributed by atoms with Crippen LogP contribution in [0.15, 0.2) is 42.0 Å². The van der Waals surface area contributed by atoms with Crippen LogP contribution in [0.1, 0.15) is 25.0 Å². The van der Waals surface area contributed by atoms with Gasteiger partial charge in [0.05, 0.1) is 13.2 Å². The Morgan fingerprint density at radius 3 is 2.59 bits per heavy atom. The minimum absolute atomic E-state index is 0.0421. The lowest BCUT2D eigenvalue weighted by Gasteiger charge is -2.11. The number of aryl methyl sites for hydroxylation is 1. The molecule has 0 spiro atoms. The van der Waals surface area contributed by atoms with Crippen molar-refractivity contribution < 1.29 is 14.3 Å². The van der Waals surface area contributed by atoms with Gasteiger partial charge in [0.15, 0.2) is 0 Å². The molecular formula is C21H21ClN2O3. The molecule has 0 radical (unpaired) electrons. The Balaban J connectivity index is 2.33. The SMILES string of the molecule is CCOc1ccc(C=C(C#N)C(=O)Nc2cc(Cl)ccc2C)c(OCC)c1. The third-order valence-electron chi connectivity index (χ3n) is 3.71. The lowest BCUT2D eigenvalue weighted by Crippen LogP contribution is -2.14. The molecule has 0 aliphatic rings. The van der Waals surface area contributed by atoms with Gasteiger partial charge < -0.3 is 14.8 Å². The Hall–Kier alpha value is -2.97. The van der Waals surface area contributed by atoms with Crippen LogP contribution in [0.5, 0.6) is 11.5 Å². The Kier molecular flexibility index (Phi) is 7.27. The summed E-state index contributed by atoms with van der Waals surface area (Å²) in [6.45, 7) is 6.59. The predicted molar refractivity (Wildman–Crippen MR) is 107 cm³/mol. The quantitative estimate of drug-likeness (QED) is 0.539. The summed E-state index contributed by atoms with van der Waals surface area (Å²) in [5, 5.41) is 12.7. The molecule has 5 nitrogen and oxygen atoms in total. The lowest BCUT2D eigenvalue weighted by atomic mass is 10.1. The summed E-state index contributed by atoms with van der Waals surface area (Å²) in [6, 6.07) is 12.4. The number of nitriles is 1. The first-order chi connectivity index (χ1) is 13.0. The Morgan fingerprint density at radius 1 is 1.19 bits per heavy atom. The molecule has 0 atom stereocenters. The normalized spacial score (nSPS) is 10.9. The van der Waals surface area contributed by atoms with Gasteiger partial charge in [-0.2, -0.15) is 5.26 Å². The van der Waals surface area contributed by atoms with Crippen LogP contribution in [0.4, 0.5) is 5.69 Å². The van der Waals surface area contributed by atoms with Crippen molar-refractivity contribution in [2.45, 2.75) is 20.8 Å². The summed E-state index contributed by atoms with van der Waals surface area (Å²) < 4.78 is 11.1. The number of benzene rings is 2. The maximum atomic E-state index is 12.5. The first-order valence-electron chi connectivity index (χ1n) is 8.57. The first kappa shape index (κ1) is 20.3. The number of carbonyl (C=O) groups is 1. The van der Waals surface area contributed by atoms with Crippen molar-refractivity contribution in [2.24, 2.45) is 0 Å². The van der Waals surface area contributed by atoms with Crippen LogP contribution in [0, 0.1) is 18.3 Å².